The molecule has 0 aliphatic rings. The zero-order valence-electron chi connectivity index (χ0n) is 17.9. The van der Waals surface area contributed by atoms with Crippen LogP contribution in [0.2, 0.25) is 0 Å². The monoisotopic (exact) mass is 455 g/mol. The van der Waals surface area contributed by atoms with Crippen molar-refractivity contribution in [1.29, 1.82) is 0 Å². The summed E-state index contributed by atoms with van der Waals surface area (Å²) in [6.07, 6.45) is 0. The molecule has 0 N–H and O–H groups in total. The molecule has 168 valence electrons. The van der Waals surface area contributed by atoms with Gasteiger partial charge in [-0.15, -0.1) is 0 Å². The van der Waals surface area contributed by atoms with Crippen molar-refractivity contribution < 1.29 is 19.0 Å². The average Bonchev–Trinajstić information content (AvgIpc) is 3.46. The van der Waals surface area contributed by atoms with Crippen LogP contribution in [0.1, 0.15) is 22.1 Å². The van der Waals surface area contributed by atoms with Gasteiger partial charge < -0.3 is 9.26 Å². The minimum absolute atomic E-state index is 0.0397. The molecular formula is C24H17N5O5. The maximum Gasteiger partial charge on any atom is 0.338 e. The average molecular weight is 455 g/mol. The molecule has 0 amide bonds. The van der Waals surface area contributed by atoms with E-state index in [-0.39, 0.29) is 24.0 Å². The van der Waals surface area contributed by atoms with Crippen LogP contribution in [-0.4, -0.2) is 30.6 Å². The van der Waals surface area contributed by atoms with Gasteiger partial charge in [-0.3, -0.25) is 14.7 Å². The molecule has 0 atom stereocenters. The zero-order chi connectivity index (χ0) is 23.7. The van der Waals surface area contributed by atoms with Gasteiger partial charge in [0.15, 0.2) is 6.61 Å². The number of rotatable bonds is 6. The van der Waals surface area contributed by atoms with Gasteiger partial charge in [0, 0.05) is 23.4 Å². The predicted molar refractivity (Wildman–Crippen MR) is 121 cm³/mol. The normalized spacial score (nSPS) is 11.0. The van der Waals surface area contributed by atoms with E-state index in [0.29, 0.717) is 16.6 Å². The van der Waals surface area contributed by atoms with Gasteiger partial charge in [0.2, 0.25) is 5.82 Å². The topological polar surface area (TPSA) is 126 Å². The third kappa shape index (κ3) is 3.99. The van der Waals surface area contributed by atoms with Crippen molar-refractivity contribution in [2.24, 2.45) is 0 Å². The van der Waals surface area contributed by atoms with Crippen LogP contribution in [0.3, 0.4) is 0 Å². The van der Waals surface area contributed by atoms with Crippen molar-refractivity contribution in [3.05, 3.63) is 100 Å². The number of imidazole rings is 1. The fraction of sp³-hybridized carbons (Fsp3) is 0.0833. The van der Waals surface area contributed by atoms with Gasteiger partial charge in [0.05, 0.1) is 21.5 Å². The van der Waals surface area contributed by atoms with Crippen molar-refractivity contribution in [3.8, 4) is 17.1 Å². The number of aryl methyl sites for hydroxylation is 1. The van der Waals surface area contributed by atoms with Crippen LogP contribution < -0.4 is 0 Å². The number of para-hydroxylation sites is 1. The zero-order valence-corrected chi connectivity index (χ0v) is 17.9. The van der Waals surface area contributed by atoms with Crippen LogP contribution in [-0.2, 0) is 11.3 Å². The molecule has 0 saturated carbocycles. The Morgan fingerprint density at radius 3 is 2.56 bits per heavy atom. The fourth-order valence-corrected chi connectivity index (χ4v) is 3.60. The van der Waals surface area contributed by atoms with Gasteiger partial charge >= 0.3 is 5.97 Å². The number of carbonyl (C=O) groups is 1. The Bertz CT molecular complexity index is 1510. The number of esters is 1. The summed E-state index contributed by atoms with van der Waals surface area (Å²) < 4.78 is 12.5. The summed E-state index contributed by atoms with van der Waals surface area (Å²) in [5.74, 6) is 0.594. The minimum Gasteiger partial charge on any atom is -0.452 e. The van der Waals surface area contributed by atoms with Gasteiger partial charge in [-0.05, 0) is 49.4 Å². The smallest absolute Gasteiger partial charge is 0.338 e. The number of carbonyl (C=O) groups excluding carboxylic acids is 1. The molecule has 0 fully saturated rings. The number of hydrogen-bond acceptors (Lipinski definition) is 8. The fourth-order valence-electron chi connectivity index (χ4n) is 3.60. The maximum absolute atomic E-state index is 12.6. The number of nitro benzene ring substituents is 1. The Morgan fingerprint density at radius 2 is 1.82 bits per heavy atom. The Labute approximate surface area is 192 Å². The van der Waals surface area contributed by atoms with Gasteiger partial charge in [0.25, 0.3) is 11.6 Å². The largest absolute Gasteiger partial charge is 0.452 e. The van der Waals surface area contributed by atoms with Crippen LogP contribution in [0.5, 0.6) is 0 Å². The van der Waals surface area contributed by atoms with Crippen molar-refractivity contribution >= 4 is 22.7 Å². The lowest BCUT2D eigenvalue weighted by Gasteiger charge is -2.07. The highest BCUT2D eigenvalue weighted by Gasteiger charge is 2.16. The number of nitrogens with zero attached hydrogens (tertiary/aromatic N) is 5. The lowest BCUT2D eigenvalue weighted by Crippen LogP contribution is -2.05. The van der Waals surface area contributed by atoms with Gasteiger partial charge in [-0.1, -0.05) is 23.4 Å². The molecule has 0 aliphatic heterocycles. The summed E-state index contributed by atoms with van der Waals surface area (Å²) in [4.78, 5) is 31.6. The second kappa shape index (κ2) is 8.58. The first-order valence-electron chi connectivity index (χ1n) is 10.3. The predicted octanol–water partition coefficient (Wildman–Crippen LogP) is 4.65. The number of non-ortho nitro benzene ring substituents is 1. The van der Waals surface area contributed by atoms with E-state index in [2.05, 4.69) is 15.1 Å². The van der Waals surface area contributed by atoms with E-state index in [1.165, 1.54) is 24.3 Å². The van der Waals surface area contributed by atoms with Crippen molar-refractivity contribution in [2.75, 3.05) is 0 Å². The summed E-state index contributed by atoms with van der Waals surface area (Å²) in [5, 5.41) is 14.6. The van der Waals surface area contributed by atoms with Crippen LogP contribution in [0.15, 0.2) is 77.3 Å². The standard InChI is InChI=1S/C24H17N5O5/c1-15-25-20-13-17(9-12-21(20)28(15)18-5-3-2-4-6-18)24(30)33-14-22-26-23(27-34-22)16-7-10-19(11-8-16)29(31)32/h2-13H,14H2,1H3. The molecule has 10 nitrogen and oxygen atoms in total. The van der Waals surface area contributed by atoms with Crippen molar-refractivity contribution in [1.82, 2.24) is 19.7 Å². The van der Waals surface area contributed by atoms with E-state index in [4.69, 9.17) is 9.26 Å². The number of nitro groups is 1. The van der Waals surface area contributed by atoms with Crippen molar-refractivity contribution in [2.45, 2.75) is 13.5 Å². The summed E-state index contributed by atoms with van der Waals surface area (Å²) in [5.41, 5.74) is 3.39. The molecule has 10 heteroatoms. The van der Waals surface area contributed by atoms with Crippen LogP contribution in [0.25, 0.3) is 28.1 Å². The molecule has 2 aromatic heterocycles. The Kier molecular flexibility index (Phi) is 5.30. The lowest BCUT2D eigenvalue weighted by atomic mass is 10.2. The SMILES string of the molecule is Cc1nc2cc(C(=O)OCc3nc(-c4ccc([N+](=O)[O-])cc4)no3)ccc2n1-c1ccccc1. The number of aromatic nitrogens is 4. The molecule has 0 saturated heterocycles. The third-order valence-electron chi connectivity index (χ3n) is 5.20. The Hall–Kier alpha value is -4.86. The van der Waals surface area contributed by atoms with Crippen LogP contribution >= 0.6 is 0 Å². The Morgan fingerprint density at radius 1 is 1.06 bits per heavy atom. The molecule has 34 heavy (non-hydrogen) atoms. The van der Waals surface area contributed by atoms with E-state index in [0.717, 1.165) is 17.0 Å². The molecule has 2 heterocycles. The first-order chi connectivity index (χ1) is 16.5. The first kappa shape index (κ1) is 21.0. The summed E-state index contributed by atoms with van der Waals surface area (Å²) in [6.45, 7) is 1.69. The summed E-state index contributed by atoms with van der Waals surface area (Å²) in [6, 6.07) is 20.8. The number of hydrogen-bond donors (Lipinski definition) is 0. The van der Waals surface area contributed by atoms with Gasteiger partial charge in [-0.2, -0.15) is 4.98 Å². The highest BCUT2D eigenvalue weighted by Crippen LogP contribution is 2.23. The van der Waals surface area contributed by atoms with E-state index in [1.54, 1.807) is 12.1 Å². The third-order valence-corrected chi connectivity index (χ3v) is 5.20. The maximum atomic E-state index is 12.6. The van der Waals surface area contributed by atoms with Crippen LogP contribution in [0.4, 0.5) is 5.69 Å². The Balaban J connectivity index is 1.29. The first-order valence-corrected chi connectivity index (χ1v) is 10.3. The van der Waals surface area contributed by atoms with E-state index < -0.39 is 10.9 Å². The van der Waals surface area contributed by atoms with Crippen LogP contribution in [0, 0.1) is 17.0 Å². The molecule has 0 spiro atoms. The van der Waals surface area contributed by atoms with E-state index >= 15 is 0 Å². The molecule has 0 unspecified atom stereocenters. The number of ether oxygens (including phenoxy) is 1. The summed E-state index contributed by atoms with van der Waals surface area (Å²) >= 11 is 0. The molecule has 0 bridgehead atoms. The van der Waals surface area contributed by atoms with Crippen molar-refractivity contribution in [3.63, 3.8) is 0 Å². The molecule has 5 rings (SSSR count). The number of benzene rings is 3. The number of fused-ring (bicyclic) bond motifs is 1. The quantitative estimate of drug-likeness (QED) is 0.206. The second-order valence-electron chi connectivity index (χ2n) is 7.43. The molecular weight excluding hydrogens is 438 g/mol. The van der Waals surface area contributed by atoms with E-state index in [1.807, 2.05) is 47.9 Å². The van der Waals surface area contributed by atoms with Gasteiger partial charge in [0.1, 0.15) is 5.82 Å². The van der Waals surface area contributed by atoms with Gasteiger partial charge in [-0.25, -0.2) is 9.78 Å². The highest BCUT2D eigenvalue weighted by molar-refractivity contribution is 5.94. The lowest BCUT2D eigenvalue weighted by molar-refractivity contribution is -0.384. The highest BCUT2D eigenvalue weighted by atomic mass is 16.6. The molecule has 5 aromatic rings. The molecule has 0 radical (unpaired) electrons. The van der Waals surface area contributed by atoms with E-state index in [9.17, 15) is 14.9 Å². The summed E-state index contributed by atoms with van der Waals surface area (Å²) in [7, 11) is 0. The molecule has 0 aliphatic carbocycles. The second-order valence-corrected chi connectivity index (χ2v) is 7.43. The minimum atomic E-state index is -0.552. The molecule has 3 aromatic carbocycles.